The molecule has 0 radical (unpaired) electrons. The van der Waals surface area contributed by atoms with E-state index in [4.69, 9.17) is 6.57 Å². The van der Waals surface area contributed by atoms with Gasteiger partial charge < -0.3 is 4.85 Å². The van der Waals surface area contributed by atoms with E-state index in [0.717, 1.165) is 29.9 Å². The van der Waals surface area contributed by atoms with Crippen molar-refractivity contribution in [3.05, 3.63) is 53.0 Å². The maximum Gasteiger partial charge on any atom is 0.272 e. The van der Waals surface area contributed by atoms with Crippen LogP contribution in [0.2, 0.25) is 0 Å². The molecule has 2 heterocycles. The first-order valence-electron chi connectivity index (χ1n) is 7.40. The number of H-pyrrole nitrogens is 1. The number of hydrogen-bond acceptors (Lipinski definition) is 3. The van der Waals surface area contributed by atoms with E-state index in [1.165, 1.54) is 10.5 Å². The van der Waals surface area contributed by atoms with Crippen LogP contribution in [-0.4, -0.2) is 28.2 Å². The molecule has 0 aliphatic carbocycles. The highest BCUT2D eigenvalue weighted by Crippen LogP contribution is 2.42. The molecule has 0 bridgehead atoms. The van der Waals surface area contributed by atoms with E-state index in [2.05, 4.69) is 45.3 Å². The zero-order valence-corrected chi connectivity index (χ0v) is 13.5. The van der Waals surface area contributed by atoms with Crippen LogP contribution in [0.4, 0.5) is 5.82 Å². The van der Waals surface area contributed by atoms with Crippen LogP contribution in [0.15, 0.2) is 40.4 Å². The summed E-state index contributed by atoms with van der Waals surface area (Å²) < 4.78 is 0. The molecule has 5 heteroatoms. The molecule has 4 nitrogen and oxygen atoms in total. The van der Waals surface area contributed by atoms with E-state index in [9.17, 15) is 0 Å². The number of nitrogens with one attached hydrogen (secondary N) is 1. The van der Waals surface area contributed by atoms with Crippen molar-refractivity contribution in [3.63, 3.8) is 0 Å². The fourth-order valence-corrected chi connectivity index (χ4v) is 3.69. The lowest BCUT2D eigenvalue weighted by atomic mass is 9.81. The molecule has 2 unspecified atom stereocenters. The van der Waals surface area contributed by atoms with Crippen molar-refractivity contribution in [1.82, 2.24) is 10.2 Å². The summed E-state index contributed by atoms with van der Waals surface area (Å²) in [6.45, 7) is 9.84. The van der Waals surface area contributed by atoms with Gasteiger partial charge in [0, 0.05) is 10.5 Å². The molecule has 1 aromatic carbocycles. The third-order valence-corrected chi connectivity index (χ3v) is 4.83. The maximum absolute atomic E-state index is 7.71. The van der Waals surface area contributed by atoms with Gasteiger partial charge in [-0.25, -0.2) is 11.6 Å². The molecule has 0 saturated carbocycles. The lowest BCUT2D eigenvalue weighted by molar-refractivity contribution is 0.756. The quantitative estimate of drug-likeness (QED) is 0.670. The number of nitrogens with zero attached hydrogens (tertiary/aromatic N) is 3. The highest BCUT2D eigenvalue weighted by molar-refractivity contribution is 7.98. The Hall–Kier alpha value is -2.06. The summed E-state index contributed by atoms with van der Waals surface area (Å²) >= 11 is 1.72. The molecule has 3 rings (SSSR count). The Morgan fingerprint density at radius 1 is 1.32 bits per heavy atom. The fraction of sp³-hybridized carbons (Fsp3) is 0.353. The van der Waals surface area contributed by atoms with Crippen molar-refractivity contribution in [3.8, 4) is 0 Å². The predicted octanol–water partition coefficient (Wildman–Crippen LogP) is 4.44. The maximum atomic E-state index is 7.71. The fourth-order valence-electron chi connectivity index (χ4n) is 3.05. The molecule has 1 aliphatic heterocycles. The van der Waals surface area contributed by atoms with Gasteiger partial charge in [-0.05, 0) is 24.3 Å². The summed E-state index contributed by atoms with van der Waals surface area (Å²) in [4.78, 5) is 9.80. The number of aromatic nitrogens is 2. The average Bonchev–Trinajstić information content (AvgIpc) is 3.01. The van der Waals surface area contributed by atoms with E-state index in [1.807, 2.05) is 18.3 Å². The summed E-state index contributed by atoms with van der Waals surface area (Å²) in [6, 6.07) is 8.09. The Morgan fingerprint density at radius 3 is 2.86 bits per heavy atom. The number of thioether (sulfide) groups is 1. The first-order valence-corrected chi connectivity index (χ1v) is 8.62. The van der Waals surface area contributed by atoms with Crippen molar-refractivity contribution in [2.45, 2.75) is 36.6 Å². The lowest BCUT2D eigenvalue weighted by Gasteiger charge is -2.25. The molecule has 0 saturated heterocycles. The van der Waals surface area contributed by atoms with Crippen molar-refractivity contribution < 1.29 is 0 Å². The van der Waals surface area contributed by atoms with E-state index in [-0.39, 0.29) is 12.0 Å². The molecule has 0 fully saturated rings. The van der Waals surface area contributed by atoms with Gasteiger partial charge in [-0.2, -0.15) is 5.10 Å². The van der Waals surface area contributed by atoms with Crippen LogP contribution >= 0.6 is 11.8 Å². The Balaban J connectivity index is 2.17. The number of aliphatic imine (C=N–C) groups is 1. The third kappa shape index (κ3) is 2.44. The summed E-state index contributed by atoms with van der Waals surface area (Å²) in [6.07, 6.45) is 5.74. The van der Waals surface area contributed by atoms with E-state index >= 15 is 0 Å². The molecule has 0 amide bonds. The first-order chi connectivity index (χ1) is 10.8. The van der Waals surface area contributed by atoms with Gasteiger partial charge in [0.25, 0.3) is 6.04 Å². The van der Waals surface area contributed by atoms with Gasteiger partial charge in [0.05, 0.1) is 12.1 Å². The number of hydrogen-bond donors (Lipinski definition) is 1. The van der Waals surface area contributed by atoms with Gasteiger partial charge in [0.2, 0.25) is 0 Å². The smallest absolute Gasteiger partial charge is 0.272 e. The van der Waals surface area contributed by atoms with E-state index in [0.29, 0.717) is 0 Å². The monoisotopic (exact) mass is 310 g/mol. The second-order valence-electron chi connectivity index (χ2n) is 5.32. The van der Waals surface area contributed by atoms with Gasteiger partial charge in [0.15, 0.2) is 5.82 Å². The van der Waals surface area contributed by atoms with Gasteiger partial charge in [-0.1, -0.05) is 31.5 Å². The number of rotatable bonds is 4. The van der Waals surface area contributed by atoms with Crippen molar-refractivity contribution in [2.24, 2.45) is 4.99 Å². The van der Waals surface area contributed by atoms with E-state index < -0.39 is 0 Å². The topological polar surface area (TPSA) is 45.4 Å². The highest BCUT2D eigenvalue weighted by Gasteiger charge is 2.40. The molecule has 0 spiro atoms. The van der Waals surface area contributed by atoms with Crippen LogP contribution in [0.25, 0.3) is 4.85 Å². The molecule has 1 aliphatic rings. The third-order valence-electron chi connectivity index (χ3n) is 4.01. The predicted molar refractivity (Wildman–Crippen MR) is 91.0 cm³/mol. The number of benzene rings is 1. The normalized spacial score (nSPS) is 20.1. The van der Waals surface area contributed by atoms with Crippen LogP contribution in [-0.2, 0) is 0 Å². The molecule has 2 aromatic rings. The highest BCUT2D eigenvalue weighted by atomic mass is 32.2. The lowest BCUT2D eigenvalue weighted by Crippen LogP contribution is -2.29. The van der Waals surface area contributed by atoms with E-state index in [1.54, 1.807) is 11.8 Å². The summed E-state index contributed by atoms with van der Waals surface area (Å²) in [5, 5.41) is 7.14. The van der Waals surface area contributed by atoms with Crippen LogP contribution in [0.1, 0.15) is 36.8 Å². The van der Waals surface area contributed by atoms with Gasteiger partial charge in [-0.3, -0.25) is 5.10 Å². The van der Waals surface area contributed by atoms with Crippen molar-refractivity contribution in [1.29, 1.82) is 0 Å². The van der Waals surface area contributed by atoms with Crippen molar-refractivity contribution in [2.75, 3.05) is 6.26 Å². The minimum absolute atomic E-state index is 0.00829. The van der Waals surface area contributed by atoms with Gasteiger partial charge in [0.1, 0.15) is 5.71 Å². The second-order valence-corrected chi connectivity index (χ2v) is 6.17. The van der Waals surface area contributed by atoms with Crippen LogP contribution in [0.5, 0.6) is 0 Å². The molecular weight excluding hydrogens is 292 g/mol. The summed E-state index contributed by atoms with van der Waals surface area (Å²) in [5.74, 6) is 0.818. The molecule has 1 N–H and O–H groups in total. The average molecular weight is 310 g/mol. The van der Waals surface area contributed by atoms with Crippen LogP contribution in [0.3, 0.4) is 0 Å². The summed E-state index contributed by atoms with van der Waals surface area (Å²) in [5.41, 5.74) is 3.19. The largest absolute Gasteiger partial charge is 0.306 e. The van der Waals surface area contributed by atoms with Gasteiger partial charge >= 0.3 is 0 Å². The minimum Gasteiger partial charge on any atom is -0.306 e. The van der Waals surface area contributed by atoms with Gasteiger partial charge in [-0.15, -0.1) is 11.8 Å². The standard InChI is InChI=1S/C17H18N4S/c1-4-7-13-16(18-2)15(12-10-19-21-17(12)20-13)11-8-5-6-9-14(11)22-3/h5-6,8-10,15-16H,4,7H2,1,3H3,(H,19,21). The molecule has 22 heavy (non-hydrogen) atoms. The molecule has 112 valence electrons. The number of aromatic amines is 1. The first kappa shape index (κ1) is 14.9. The van der Waals surface area contributed by atoms with Crippen molar-refractivity contribution >= 4 is 23.3 Å². The molecule has 2 atom stereocenters. The molecular formula is C17H18N4S. The second kappa shape index (κ2) is 6.37. The number of fused-ring (bicyclic) bond motifs is 1. The Bertz CT molecular complexity index is 741. The molecule has 1 aromatic heterocycles. The Labute approximate surface area is 134 Å². The zero-order valence-electron chi connectivity index (χ0n) is 12.7. The van der Waals surface area contributed by atoms with Crippen LogP contribution in [0, 0.1) is 6.57 Å². The zero-order chi connectivity index (χ0) is 15.5. The van der Waals surface area contributed by atoms with Crippen LogP contribution < -0.4 is 0 Å². The Morgan fingerprint density at radius 2 is 2.14 bits per heavy atom. The Kier molecular flexibility index (Phi) is 4.30. The SMILES string of the molecule is [C-]#[N+]C1C(CCC)=Nc2[nH]ncc2C1c1ccccc1SC. The summed E-state index contributed by atoms with van der Waals surface area (Å²) in [7, 11) is 0. The minimum atomic E-state index is -0.238.